The summed E-state index contributed by atoms with van der Waals surface area (Å²) in [5, 5.41) is 7.07. The van der Waals surface area contributed by atoms with Gasteiger partial charge in [-0.15, -0.1) is 35.7 Å². The predicted molar refractivity (Wildman–Crippen MR) is 192 cm³/mol. The number of nitrogens with zero attached hydrogens (tertiary/aromatic N) is 4. The van der Waals surface area contributed by atoms with Crippen molar-refractivity contribution in [2.75, 3.05) is 0 Å². The van der Waals surface area contributed by atoms with Gasteiger partial charge in [0.1, 0.15) is 5.82 Å². The van der Waals surface area contributed by atoms with Crippen molar-refractivity contribution in [3.05, 3.63) is 131 Å². The Bertz CT molecular complexity index is 2260. The predicted octanol–water partition coefficient (Wildman–Crippen LogP) is 10.9. The molecule has 0 unspecified atom stereocenters. The summed E-state index contributed by atoms with van der Waals surface area (Å²) in [5.74, 6) is 2.84. The Morgan fingerprint density at radius 1 is 0.729 bits per heavy atom. The Hall–Kier alpha value is -4.47. The van der Waals surface area contributed by atoms with Crippen molar-refractivity contribution in [3.63, 3.8) is 0 Å². The van der Waals surface area contributed by atoms with Crippen LogP contribution in [0.3, 0.4) is 0 Å². The SMILES string of the molecule is Cc1ccnc(-n2c3[c-]c(Oc4[c-]c(-n5cc(-c6c(C(C)C)c(C)c(C)c(C)c6C(C)C)cn5)ccc4)ccc3c3ccccc32)c1.[Pt+2]. The first-order chi connectivity index (χ1) is 22.6. The van der Waals surface area contributed by atoms with Gasteiger partial charge in [-0.1, -0.05) is 51.4 Å². The van der Waals surface area contributed by atoms with Crippen molar-refractivity contribution in [1.82, 2.24) is 19.3 Å². The van der Waals surface area contributed by atoms with E-state index in [1.807, 2.05) is 47.4 Å². The van der Waals surface area contributed by atoms with E-state index in [1.165, 1.54) is 33.4 Å². The van der Waals surface area contributed by atoms with E-state index in [2.05, 4.69) is 115 Å². The van der Waals surface area contributed by atoms with Crippen molar-refractivity contribution in [1.29, 1.82) is 0 Å². The topological polar surface area (TPSA) is 44.9 Å². The van der Waals surface area contributed by atoms with E-state index < -0.39 is 0 Å². The van der Waals surface area contributed by atoms with Crippen molar-refractivity contribution >= 4 is 21.8 Å². The average Bonchev–Trinajstić information content (AvgIpc) is 3.66. The molecule has 3 aromatic heterocycles. The number of rotatable bonds is 7. The van der Waals surface area contributed by atoms with E-state index in [-0.39, 0.29) is 21.1 Å². The van der Waals surface area contributed by atoms with Crippen LogP contribution >= 0.6 is 0 Å². The number of fused-ring (bicyclic) bond motifs is 3. The molecule has 0 radical (unpaired) electrons. The van der Waals surface area contributed by atoms with Gasteiger partial charge < -0.3 is 9.30 Å². The summed E-state index contributed by atoms with van der Waals surface area (Å²) in [7, 11) is 0. The zero-order chi connectivity index (χ0) is 33.0. The van der Waals surface area contributed by atoms with Crippen molar-refractivity contribution in [3.8, 4) is 34.1 Å². The maximum atomic E-state index is 6.41. The molecule has 7 aromatic rings. The molecule has 0 aliphatic heterocycles. The summed E-state index contributed by atoms with van der Waals surface area (Å²) < 4.78 is 10.5. The Kier molecular flexibility index (Phi) is 9.20. The molecule has 6 heteroatoms. The molecule has 0 fully saturated rings. The van der Waals surface area contributed by atoms with Gasteiger partial charge in [0.2, 0.25) is 0 Å². The van der Waals surface area contributed by atoms with Crippen LogP contribution in [0, 0.1) is 39.8 Å². The molecular weight excluding hydrogens is 772 g/mol. The van der Waals surface area contributed by atoms with Crippen molar-refractivity contribution in [2.24, 2.45) is 0 Å². The fraction of sp³-hybridized carbons (Fsp3) is 0.238. The summed E-state index contributed by atoms with van der Waals surface area (Å²) in [4.78, 5) is 4.69. The maximum Gasteiger partial charge on any atom is 2.00 e. The summed E-state index contributed by atoms with van der Waals surface area (Å²) in [6.45, 7) is 18.0. The molecule has 0 saturated heterocycles. The molecule has 4 aromatic carbocycles. The number of hydrogen-bond acceptors (Lipinski definition) is 3. The average molecular weight is 812 g/mol. The van der Waals surface area contributed by atoms with Crippen LogP contribution in [0.15, 0.2) is 85.3 Å². The molecule has 0 aliphatic carbocycles. The summed E-state index contributed by atoms with van der Waals surface area (Å²) in [6, 6.07) is 29.5. The van der Waals surface area contributed by atoms with Gasteiger partial charge in [-0.05, 0) is 108 Å². The van der Waals surface area contributed by atoms with Crippen LogP contribution in [0.5, 0.6) is 11.5 Å². The number of pyridine rings is 1. The monoisotopic (exact) mass is 811 g/mol. The Morgan fingerprint density at radius 2 is 1.44 bits per heavy atom. The standard InChI is InChI=1S/C42H40N4O.Pt/c1-25(2)40-29(7)28(6)30(8)41(26(3)4)42(40)31-23-44-45(24-31)32-12-11-13-33(21-32)47-34-16-17-36-35-14-9-10-15-37(35)46(38(36)22-34)39-20-27(5)18-19-43-39;/h9-20,23-26H,1-8H3;/q-2;+2. The molecule has 244 valence electrons. The van der Waals surface area contributed by atoms with Crippen LogP contribution in [-0.4, -0.2) is 19.3 Å². The quantitative estimate of drug-likeness (QED) is 0.151. The van der Waals surface area contributed by atoms with Gasteiger partial charge in [-0.25, -0.2) is 4.98 Å². The molecule has 5 nitrogen and oxygen atoms in total. The zero-order valence-corrected chi connectivity index (χ0v) is 31.0. The smallest absolute Gasteiger partial charge is 0.509 e. The van der Waals surface area contributed by atoms with Crippen LogP contribution in [0.4, 0.5) is 0 Å². The molecule has 0 amide bonds. The number of hydrogen-bond donors (Lipinski definition) is 0. The molecule has 0 saturated carbocycles. The van der Waals surface area contributed by atoms with Gasteiger partial charge in [0, 0.05) is 35.0 Å². The van der Waals surface area contributed by atoms with Gasteiger partial charge in [0.05, 0.1) is 6.20 Å². The second-order valence-corrected chi connectivity index (χ2v) is 13.2. The van der Waals surface area contributed by atoms with Gasteiger partial charge in [-0.3, -0.25) is 4.68 Å². The van der Waals surface area contributed by atoms with E-state index in [0.717, 1.165) is 44.4 Å². The normalized spacial score (nSPS) is 11.5. The third kappa shape index (κ3) is 5.79. The third-order valence-electron chi connectivity index (χ3n) is 9.40. The minimum absolute atomic E-state index is 0. The van der Waals surface area contributed by atoms with Crippen molar-refractivity contribution < 1.29 is 25.8 Å². The number of aromatic nitrogens is 4. The third-order valence-corrected chi connectivity index (χ3v) is 9.40. The molecule has 3 heterocycles. The van der Waals surface area contributed by atoms with E-state index in [4.69, 9.17) is 14.8 Å². The van der Waals surface area contributed by atoms with E-state index in [9.17, 15) is 0 Å². The number of benzene rings is 4. The first-order valence-corrected chi connectivity index (χ1v) is 16.4. The summed E-state index contributed by atoms with van der Waals surface area (Å²) in [6.07, 6.45) is 5.96. The van der Waals surface area contributed by atoms with Crippen LogP contribution in [0.1, 0.15) is 72.9 Å². The first kappa shape index (κ1) is 33.4. The maximum absolute atomic E-state index is 6.41. The Balaban J connectivity index is 0.00000401. The van der Waals surface area contributed by atoms with Gasteiger partial charge in [0.15, 0.2) is 0 Å². The minimum atomic E-state index is 0. The fourth-order valence-corrected chi connectivity index (χ4v) is 7.11. The fourth-order valence-electron chi connectivity index (χ4n) is 7.11. The molecule has 48 heavy (non-hydrogen) atoms. The number of ether oxygens (including phenoxy) is 1. The second kappa shape index (κ2) is 13.2. The molecular formula is C42H40N4OPt. The Morgan fingerprint density at radius 3 is 2.15 bits per heavy atom. The summed E-state index contributed by atoms with van der Waals surface area (Å²) in [5.41, 5.74) is 13.3. The molecule has 0 spiro atoms. The zero-order valence-electron chi connectivity index (χ0n) is 28.8. The number of para-hydroxylation sites is 1. The molecule has 0 aliphatic rings. The van der Waals surface area contributed by atoms with Crippen LogP contribution < -0.4 is 4.74 Å². The van der Waals surface area contributed by atoms with Crippen LogP contribution in [-0.2, 0) is 21.1 Å². The molecule has 7 rings (SSSR count). The molecule has 0 atom stereocenters. The number of aryl methyl sites for hydroxylation is 1. The minimum Gasteiger partial charge on any atom is -0.509 e. The largest absolute Gasteiger partial charge is 2.00 e. The summed E-state index contributed by atoms with van der Waals surface area (Å²) >= 11 is 0. The van der Waals surface area contributed by atoms with Crippen LogP contribution in [0.2, 0.25) is 0 Å². The van der Waals surface area contributed by atoms with E-state index >= 15 is 0 Å². The molecule has 0 N–H and O–H groups in total. The van der Waals surface area contributed by atoms with Crippen molar-refractivity contribution in [2.45, 2.75) is 67.2 Å². The first-order valence-electron chi connectivity index (χ1n) is 16.4. The second-order valence-electron chi connectivity index (χ2n) is 13.2. The Labute approximate surface area is 297 Å². The van der Waals surface area contributed by atoms with Gasteiger partial charge >= 0.3 is 21.1 Å². The van der Waals surface area contributed by atoms with Gasteiger partial charge in [0.25, 0.3) is 0 Å². The van der Waals surface area contributed by atoms with E-state index in [0.29, 0.717) is 23.3 Å². The molecule has 0 bridgehead atoms. The van der Waals surface area contributed by atoms with Crippen LogP contribution in [0.25, 0.3) is 44.4 Å². The van der Waals surface area contributed by atoms with E-state index in [1.54, 1.807) is 0 Å². The van der Waals surface area contributed by atoms with Gasteiger partial charge in [-0.2, -0.15) is 17.2 Å².